The van der Waals surface area contributed by atoms with Crippen LogP contribution in [0, 0.1) is 0 Å². The number of rotatable bonds is 4. The van der Waals surface area contributed by atoms with Crippen molar-refractivity contribution in [1.82, 2.24) is 24.8 Å². The highest BCUT2D eigenvalue weighted by Gasteiger charge is 2.31. The molecule has 1 saturated heterocycles. The Morgan fingerprint density at radius 1 is 1.27 bits per heavy atom. The van der Waals surface area contributed by atoms with Crippen molar-refractivity contribution in [3.63, 3.8) is 0 Å². The van der Waals surface area contributed by atoms with Gasteiger partial charge in [-0.15, -0.1) is 0 Å². The van der Waals surface area contributed by atoms with E-state index in [1.807, 2.05) is 43.8 Å². The summed E-state index contributed by atoms with van der Waals surface area (Å²) in [6, 6.07) is 6.43. The lowest BCUT2D eigenvalue weighted by atomic mass is 9.99. The van der Waals surface area contributed by atoms with E-state index in [0.29, 0.717) is 17.9 Å². The largest absolute Gasteiger partial charge is 0.374 e. The van der Waals surface area contributed by atoms with Gasteiger partial charge in [0, 0.05) is 35.8 Å². The molecule has 1 aliphatic heterocycles. The molecule has 0 amide bonds. The summed E-state index contributed by atoms with van der Waals surface area (Å²) in [4.78, 5) is 6.81. The second kappa shape index (κ2) is 7.32. The van der Waals surface area contributed by atoms with Gasteiger partial charge in [-0.05, 0) is 32.9 Å². The van der Waals surface area contributed by atoms with Crippen LogP contribution in [0.1, 0.15) is 52.4 Å². The molecule has 26 heavy (non-hydrogen) atoms. The van der Waals surface area contributed by atoms with Gasteiger partial charge < -0.3 is 9.42 Å². The first-order valence-corrected chi connectivity index (χ1v) is 9.24. The summed E-state index contributed by atoms with van der Waals surface area (Å²) in [5.74, 6) is 1.67. The third-order valence-corrected chi connectivity index (χ3v) is 4.56. The van der Waals surface area contributed by atoms with Crippen molar-refractivity contribution in [2.75, 3.05) is 13.1 Å². The molecular formula is C20H27N5O. The van der Waals surface area contributed by atoms with Gasteiger partial charge in [-0.25, -0.2) is 0 Å². The standard InChI is InChI=1S/C18H21N5O.C2H6/c1-11(2)22-9-15(10-22)17-20-18(24-21-17)13-5-6-14-8-19-23(12(3)4)16(14)7-13;1-2/h5-8,12,15H,1,9-10H2,2-4H3;1-2H3. The maximum absolute atomic E-state index is 5.50. The molecule has 2 aromatic heterocycles. The highest BCUT2D eigenvalue weighted by molar-refractivity contribution is 5.83. The first-order chi connectivity index (χ1) is 12.5. The molecule has 0 saturated carbocycles. The van der Waals surface area contributed by atoms with Crippen LogP contribution in [0.5, 0.6) is 0 Å². The fraction of sp³-hybridized carbons (Fsp3) is 0.450. The van der Waals surface area contributed by atoms with Crippen LogP contribution in [0.3, 0.4) is 0 Å². The number of hydrogen-bond acceptors (Lipinski definition) is 5. The zero-order valence-electron chi connectivity index (χ0n) is 16.2. The number of aromatic nitrogens is 4. The van der Waals surface area contributed by atoms with Crippen LogP contribution < -0.4 is 0 Å². The SMILES string of the molecule is C=C(C)N1CC(c2noc(-c3ccc4cnn(C(C)C)c4c3)n2)C1.CC. The average molecular weight is 353 g/mol. The highest BCUT2D eigenvalue weighted by atomic mass is 16.5. The van der Waals surface area contributed by atoms with Crippen molar-refractivity contribution < 1.29 is 4.52 Å². The van der Waals surface area contributed by atoms with E-state index < -0.39 is 0 Å². The average Bonchev–Trinajstić information content (AvgIpc) is 3.21. The smallest absolute Gasteiger partial charge is 0.258 e. The van der Waals surface area contributed by atoms with E-state index in [1.165, 1.54) is 0 Å². The molecule has 0 N–H and O–H groups in total. The van der Waals surface area contributed by atoms with E-state index in [9.17, 15) is 0 Å². The Kier molecular flexibility index (Phi) is 5.11. The summed E-state index contributed by atoms with van der Waals surface area (Å²) in [5, 5.41) is 9.73. The molecular weight excluding hydrogens is 326 g/mol. The lowest BCUT2D eigenvalue weighted by Crippen LogP contribution is -2.43. The maximum Gasteiger partial charge on any atom is 0.258 e. The lowest BCUT2D eigenvalue weighted by molar-refractivity contribution is 0.190. The van der Waals surface area contributed by atoms with Crippen LogP contribution in [0.2, 0.25) is 0 Å². The second-order valence-corrected chi connectivity index (χ2v) is 6.75. The Morgan fingerprint density at radius 2 is 2.00 bits per heavy atom. The van der Waals surface area contributed by atoms with Crippen molar-refractivity contribution in [3.05, 3.63) is 42.5 Å². The van der Waals surface area contributed by atoms with Gasteiger partial charge >= 0.3 is 0 Å². The summed E-state index contributed by atoms with van der Waals surface area (Å²) >= 11 is 0. The Labute approximate surface area is 154 Å². The van der Waals surface area contributed by atoms with E-state index in [4.69, 9.17) is 4.52 Å². The van der Waals surface area contributed by atoms with Gasteiger partial charge in [-0.2, -0.15) is 10.1 Å². The van der Waals surface area contributed by atoms with Gasteiger partial charge in [0.15, 0.2) is 5.82 Å². The number of benzene rings is 1. The van der Waals surface area contributed by atoms with Gasteiger partial charge in [-0.3, -0.25) is 4.68 Å². The number of likely N-dealkylation sites (tertiary alicyclic amines) is 1. The van der Waals surface area contributed by atoms with E-state index in [2.05, 4.69) is 46.6 Å². The molecule has 4 rings (SSSR count). The fourth-order valence-corrected chi connectivity index (χ4v) is 3.05. The van der Waals surface area contributed by atoms with Crippen molar-refractivity contribution in [1.29, 1.82) is 0 Å². The van der Waals surface area contributed by atoms with Crippen molar-refractivity contribution in [2.24, 2.45) is 0 Å². The summed E-state index contributed by atoms with van der Waals surface area (Å²) < 4.78 is 7.50. The molecule has 0 radical (unpaired) electrons. The monoisotopic (exact) mass is 353 g/mol. The quantitative estimate of drug-likeness (QED) is 0.684. The lowest BCUT2D eigenvalue weighted by Gasteiger charge is -2.39. The molecule has 3 heterocycles. The molecule has 0 unspecified atom stereocenters. The molecule has 6 heteroatoms. The second-order valence-electron chi connectivity index (χ2n) is 6.75. The zero-order valence-corrected chi connectivity index (χ0v) is 16.2. The van der Waals surface area contributed by atoms with Gasteiger partial charge in [0.05, 0.1) is 17.6 Å². The Bertz CT molecular complexity index is 902. The van der Waals surface area contributed by atoms with E-state index in [0.717, 1.165) is 41.1 Å². The zero-order chi connectivity index (χ0) is 18.8. The molecule has 0 bridgehead atoms. The number of hydrogen-bond donors (Lipinski definition) is 0. The first kappa shape index (κ1) is 18.2. The summed E-state index contributed by atoms with van der Waals surface area (Å²) in [5.41, 5.74) is 3.10. The van der Waals surface area contributed by atoms with Gasteiger partial charge in [0.1, 0.15) is 0 Å². The minimum atomic E-state index is 0.305. The van der Waals surface area contributed by atoms with E-state index in [1.54, 1.807) is 0 Å². The Hall–Kier alpha value is -2.63. The number of nitrogens with zero attached hydrogens (tertiary/aromatic N) is 5. The van der Waals surface area contributed by atoms with Crippen LogP contribution in [0.15, 0.2) is 41.2 Å². The molecule has 3 aromatic rings. The number of fused-ring (bicyclic) bond motifs is 1. The van der Waals surface area contributed by atoms with Crippen LogP contribution in [-0.4, -0.2) is 37.9 Å². The molecule has 0 aliphatic carbocycles. The normalized spacial score (nSPS) is 14.3. The summed E-state index contributed by atoms with van der Waals surface area (Å²) in [6.45, 7) is 16.0. The van der Waals surface area contributed by atoms with Gasteiger partial charge in [-0.1, -0.05) is 31.6 Å². The third kappa shape index (κ3) is 3.23. The van der Waals surface area contributed by atoms with Crippen molar-refractivity contribution >= 4 is 10.9 Å². The first-order valence-electron chi connectivity index (χ1n) is 9.24. The predicted octanol–water partition coefficient (Wildman–Crippen LogP) is 4.63. The van der Waals surface area contributed by atoms with Gasteiger partial charge in [0.25, 0.3) is 5.89 Å². The molecule has 0 atom stereocenters. The molecule has 1 aromatic carbocycles. The third-order valence-electron chi connectivity index (χ3n) is 4.56. The van der Waals surface area contributed by atoms with Crippen LogP contribution >= 0.6 is 0 Å². The predicted molar refractivity (Wildman–Crippen MR) is 104 cm³/mol. The fourth-order valence-electron chi connectivity index (χ4n) is 3.05. The molecule has 138 valence electrons. The van der Waals surface area contributed by atoms with Crippen LogP contribution in [-0.2, 0) is 0 Å². The van der Waals surface area contributed by atoms with Crippen LogP contribution in [0.4, 0.5) is 0 Å². The molecule has 1 aliphatic rings. The highest BCUT2D eigenvalue weighted by Crippen LogP contribution is 2.30. The van der Waals surface area contributed by atoms with Crippen molar-refractivity contribution in [3.8, 4) is 11.5 Å². The Balaban J connectivity index is 0.000000948. The summed E-state index contributed by atoms with van der Waals surface area (Å²) in [7, 11) is 0. The van der Waals surface area contributed by atoms with E-state index >= 15 is 0 Å². The van der Waals surface area contributed by atoms with Crippen LogP contribution in [0.25, 0.3) is 22.4 Å². The molecule has 0 spiro atoms. The Morgan fingerprint density at radius 3 is 2.65 bits per heavy atom. The topological polar surface area (TPSA) is 60.0 Å². The molecule has 1 fully saturated rings. The molecule has 6 nitrogen and oxygen atoms in total. The minimum absolute atomic E-state index is 0.305. The number of allylic oxidation sites excluding steroid dienone is 1. The maximum atomic E-state index is 5.50. The van der Waals surface area contributed by atoms with Crippen molar-refractivity contribution in [2.45, 2.75) is 46.6 Å². The summed E-state index contributed by atoms with van der Waals surface area (Å²) in [6.07, 6.45) is 1.89. The minimum Gasteiger partial charge on any atom is -0.374 e. The van der Waals surface area contributed by atoms with E-state index in [-0.39, 0.29) is 0 Å². The van der Waals surface area contributed by atoms with Gasteiger partial charge in [0.2, 0.25) is 0 Å².